The largest absolute Gasteiger partial charge is 0.383 e. The van der Waals surface area contributed by atoms with Gasteiger partial charge in [-0.3, -0.25) is 0 Å². The first kappa shape index (κ1) is 12.6. The summed E-state index contributed by atoms with van der Waals surface area (Å²) >= 11 is 7.87. The average Bonchev–Trinajstić information content (AvgIpc) is 2.52. The second-order valence-corrected chi connectivity index (χ2v) is 5.18. The molecule has 0 spiro atoms. The van der Waals surface area contributed by atoms with E-state index >= 15 is 0 Å². The fourth-order valence-electron chi connectivity index (χ4n) is 1.51. The van der Waals surface area contributed by atoms with Crippen LogP contribution in [0.2, 0.25) is 5.02 Å². The summed E-state index contributed by atoms with van der Waals surface area (Å²) in [6, 6.07) is 4.60. The van der Waals surface area contributed by atoms with E-state index < -0.39 is 5.82 Å². The van der Waals surface area contributed by atoms with Gasteiger partial charge >= 0.3 is 0 Å². The van der Waals surface area contributed by atoms with Crippen LogP contribution in [0.5, 0.6) is 0 Å². The Labute approximate surface area is 117 Å². The van der Waals surface area contributed by atoms with E-state index in [0.717, 1.165) is 14.8 Å². The van der Waals surface area contributed by atoms with E-state index in [-0.39, 0.29) is 5.02 Å². The van der Waals surface area contributed by atoms with Crippen molar-refractivity contribution < 1.29 is 4.39 Å². The third kappa shape index (κ3) is 2.55. The predicted molar refractivity (Wildman–Crippen MR) is 74.6 cm³/mol. The molecular formula is C11H10ClFIN3. The Morgan fingerprint density at radius 3 is 2.76 bits per heavy atom. The number of nitrogens with zero attached hydrogens (tertiary/aromatic N) is 2. The molecule has 0 atom stereocenters. The summed E-state index contributed by atoms with van der Waals surface area (Å²) in [5.41, 5.74) is 7.65. The Kier molecular flexibility index (Phi) is 3.58. The number of halogens is 3. The molecule has 3 nitrogen and oxygen atoms in total. The van der Waals surface area contributed by atoms with Crippen LogP contribution in [0.3, 0.4) is 0 Å². The maximum Gasteiger partial charge on any atom is 0.141 e. The molecule has 0 aliphatic carbocycles. The molecule has 1 heterocycles. The van der Waals surface area contributed by atoms with E-state index in [1.807, 2.05) is 6.92 Å². The lowest BCUT2D eigenvalue weighted by molar-refractivity contribution is 0.625. The highest BCUT2D eigenvalue weighted by atomic mass is 127. The predicted octanol–water partition coefficient (Wildman–Crippen LogP) is 3.22. The molecule has 6 heteroatoms. The molecule has 2 rings (SSSR count). The number of hydrogen-bond donors (Lipinski definition) is 1. The number of anilines is 1. The van der Waals surface area contributed by atoms with Gasteiger partial charge in [0.15, 0.2) is 0 Å². The molecule has 0 saturated heterocycles. The van der Waals surface area contributed by atoms with Crippen molar-refractivity contribution in [2.24, 2.45) is 0 Å². The van der Waals surface area contributed by atoms with Gasteiger partial charge in [0.05, 0.1) is 20.8 Å². The quantitative estimate of drug-likeness (QED) is 0.831. The van der Waals surface area contributed by atoms with Gasteiger partial charge < -0.3 is 5.73 Å². The molecule has 0 fully saturated rings. The molecule has 0 radical (unpaired) electrons. The molecule has 2 N–H and O–H groups in total. The Morgan fingerprint density at radius 1 is 1.53 bits per heavy atom. The van der Waals surface area contributed by atoms with Crippen LogP contribution in [0.15, 0.2) is 18.2 Å². The highest BCUT2D eigenvalue weighted by Gasteiger charge is 2.10. The molecule has 1 aromatic heterocycles. The number of aromatic nitrogens is 2. The second kappa shape index (κ2) is 4.81. The van der Waals surface area contributed by atoms with E-state index in [0.29, 0.717) is 12.4 Å². The van der Waals surface area contributed by atoms with Crippen LogP contribution < -0.4 is 5.73 Å². The van der Waals surface area contributed by atoms with Gasteiger partial charge in [-0.25, -0.2) is 9.07 Å². The topological polar surface area (TPSA) is 43.8 Å². The number of nitrogen functional groups attached to an aromatic ring is 1. The van der Waals surface area contributed by atoms with Crippen molar-refractivity contribution in [3.05, 3.63) is 43.9 Å². The standard InChI is InChI=1S/C11H10ClFIN3/c1-6-10(14)11(15)17(16-6)5-7-2-3-9(13)8(12)4-7/h2-4H,5,15H2,1H3. The molecule has 0 unspecified atom stereocenters. The monoisotopic (exact) mass is 365 g/mol. The van der Waals surface area contributed by atoms with Crippen LogP contribution in [0.4, 0.5) is 10.2 Å². The molecule has 1 aromatic carbocycles. The van der Waals surface area contributed by atoms with E-state index in [2.05, 4.69) is 27.7 Å². The van der Waals surface area contributed by atoms with Gasteiger partial charge in [0.2, 0.25) is 0 Å². The highest BCUT2D eigenvalue weighted by Crippen LogP contribution is 2.21. The SMILES string of the molecule is Cc1nn(Cc2ccc(F)c(Cl)c2)c(N)c1I. The lowest BCUT2D eigenvalue weighted by Gasteiger charge is -2.05. The molecule has 0 saturated carbocycles. The zero-order valence-corrected chi connectivity index (χ0v) is 12.0. The van der Waals surface area contributed by atoms with Crippen LogP contribution in [0.1, 0.15) is 11.3 Å². The van der Waals surface area contributed by atoms with Gasteiger partial charge in [-0.1, -0.05) is 17.7 Å². The van der Waals surface area contributed by atoms with Crippen LogP contribution in [-0.4, -0.2) is 9.78 Å². The summed E-state index contributed by atoms with van der Waals surface area (Å²) in [5, 5.41) is 4.42. The van der Waals surface area contributed by atoms with Crippen molar-refractivity contribution in [3.8, 4) is 0 Å². The summed E-state index contributed by atoms with van der Waals surface area (Å²) in [4.78, 5) is 0. The lowest BCUT2D eigenvalue weighted by atomic mass is 10.2. The zero-order valence-electron chi connectivity index (χ0n) is 9.04. The van der Waals surface area contributed by atoms with Gasteiger partial charge in [0.25, 0.3) is 0 Å². The average molecular weight is 366 g/mol. The van der Waals surface area contributed by atoms with E-state index in [1.165, 1.54) is 6.07 Å². The summed E-state index contributed by atoms with van der Waals surface area (Å²) in [7, 11) is 0. The number of benzene rings is 1. The minimum atomic E-state index is -0.422. The van der Waals surface area contributed by atoms with Crippen LogP contribution in [-0.2, 0) is 6.54 Å². The van der Waals surface area contributed by atoms with Crippen LogP contribution in [0, 0.1) is 16.3 Å². The molecule has 17 heavy (non-hydrogen) atoms. The highest BCUT2D eigenvalue weighted by molar-refractivity contribution is 14.1. The van der Waals surface area contributed by atoms with Gasteiger partial charge in [0, 0.05) is 0 Å². The van der Waals surface area contributed by atoms with Gasteiger partial charge in [-0.15, -0.1) is 0 Å². The Hall–Kier alpha value is -0.820. The minimum Gasteiger partial charge on any atom is -0.383 e. The first-order valence-corrected chi connectivity index (χ1v) is 6.37. The fraction of sp³-hybridized carbons (Fsp3) is 0.182. The van der Waals surface area contributed by atoms with Crippen LogP contribution >= 0.6 is 34.2 Å². The van der Waals surface area contributed by atoms with E-state index in [1.54, 1.807) is 16.8 Å². The molecule has 0 bridgehead atoms. The Morgan fingerprint density at radius 2 is 2.24 bits per heavy atom. The minimum absolute atomic E-state index is 0.111. The maximum atomic E-state index is 13.0. The van der Waals surface area contributed by atoms with Gasteiger partial charge in [0.1, 0.15) is 11.6 Å². The van der Waals surface area contributed by atoms with E-state index in [4.69, 9.17) is 17.3 Å². The summed E-state index contributed by atoms with van der Waals surface area (Å²) in [6.45, 7) is 2.38. The normalized spacial score (nSPS) is 10.8. The first-order chi connectivity index (χ1) is 7.99. The maximum absolute atomic E-state index is 13.0. The Bertz CT molecular complexity index is 568. The number of aryl methyl sites for hydroxylation is 1. The first-order valence-electron chi connectivity index (χ1n) is 4.91. The van der Waals surface area contributed by atoms with Crippen molar-refractivity contribution in [1.29, 1.82) is 0 Å². The third-order valence-corrected chi connectivity index (χ3v) is 4.03. The Balaban J connectivity index is 2.31. The zero-order chi connectivity index (χ0) is 12.6. The third-order valence-electron chi connectivity index (χ3n) is 2.41. The molecule has 0 amide bonds. The molecule has 2 aromatic rings. The van der Waals surface area contributed by atoms with Crippen molar-refractivity contribution in [2.45, 2.75) is 13.5 Å². The summed E-state index contributed by atoms with van der Waals surface area (Å²) < 4.78 is 15.6. The molecule has 90 valence electrons. The van der Waals surface area contributed by atoms with Crippen molar-refractivity contribution in [1.82, 2.24) is 9.78 Å². The van der Waals surface area contributed by atoms with E-state index in [9.17, 15) is 4.39 Å². The van der Waals surface area contributed by atoms with Gasteiger partial charge in [-0.2, -0.15) is 5.10 Å². The van der Waals surface area contributed by atoms with Crippen molar-refractivity contribution in [2.75, 3.05) is 5.73 Å². The smallest absolute Gasteiger partial charge is 0.141 e. The second-order valence-electron chi connectivity index (χ2n) is 3.69. The fourth-order valence-corrected chi connectivity index (χ4v) is 2.10. The number of nitrogens with two attached hydrogens (primary N) is 1. The van der Waals surface area contributed by atoms with Gasteiger partial charge in [-0.05, 0) is 47.2 Å². The van der Waals surface area contributed by atoms with Crippen molar-refractivity contribution >= 4 is 40.0 Å². The van der Waals surface area contributed by atoms with Crippen molar-refractivity contribution in [3.63, 3.8) is 0 Å². The number of rotatable bonds is 2. The summed E-state index contributed by atoms with van der Waals surface area (Å²) in [6.07, 6.45) is 0. The molecule has 0 aliphatic rings. The van der Waals surface area contributed by atoms with Crippen LogP contribution in [0.25, 0.3) is 0 Å². The summed E-state index contributed by atoms with van der Waals surface area (Å²) in [5.74, 6) is 0.193. The lowest BCUT2D eigenvalue weighted by Crippen LogP contribution is -2.06. The number of hydrogen-bond acceptors (Lipinski definition) is 2. The molecular weight excluding hydrogens is 355 g/mol. The molecule has 0 aliphatic heterocycles.